The van der Waals surface area contributed by atoms with Crippen molar-refractivity contribution in [2.24, 2.45) is 0 Å². The molecule has 19 heavy (non-hydrogen) atoms. The highest BCUT2D eigenvalue weighted by molar-refractivity contribution is 7.89. The maximum Gasteiger partial charge on any atom is 0.240 e. The zero-order valence-corrected chi connectivity index (χ0v) is 12.0. The van der Waals surface area contributed by atoms with Crippen molar-refractivity contribution in [1.29, 1.82) is 0 Å². The Bertz CT molecular complexity index is 683. The summed E-state index contributed by atoms with van der Waals surface area (Å²) >= 11 is 5.86. The first-order valence-electron chi connectivity index (χ1n) is 5.78. The Hall–Kier alpha value is -1.36. The average Bonchev–Trinajstić information content (AvgIpc) is 2.37. The molecule has 0 unspecified atom stereocenters. The highest BCUT2D eigenvalue weighted by Gasteiger charge is 2.13. The molecule has 0 fully saturated rings. The highest BCUT2D eigenvalue weighted by Crippen LogP contribution is 2.13. The maximum absolute atomic E-state index is 12.1. The molecule has 0 aliphatic rings. The number of aryl methyl sites for hydroxylation is 1. The van der Waals surface area contributed by atoms with E-state index in [-0.39, 0.29) is 11.4 Å². The molecule has 0 saturated heterocycles. The minimum atomic E-state index is -3.49. The topological polar surface area (TPSA) is 46.2 Å². The molecule has 0 spiro atoms. The molecule has 0 aliphatic carbocycles. The van der Waals surface area contributed by atoms with Gasteiger partial charge in [0, 0.05) is 11.6 Å². The molecule has 0 heterocycles. The Balaban J connectivity index is 2.14. The summed E-state index contributed by atoms with van der Waals surface area (Å²) < 4.78 is 26.8. The van der Waals surface area contributed by atoms with E-state index in [4.69, 9.17) is 11.6 Å². The van der Waals surface area contributed by atoms with E-state index in [9.17, 15) is 8.42 Å². The lowest BCUT2D eigenvalue weighted by Gasteiger charge is -2.07. The monoisotopic (exact) mass is 295 g/mol. The smallest absolute Gasteiger partial charge is 0.207 e. The van der Waals surface area contributed by atoms with E-state index in [1.807, 2.05) is 19.1 Å². The third kappa shape index (κ3) is 3.80. The summed E-state index contributed by atoms with van der Waals surface area (Å²) in [6, 6.07) is 13.9. The summed E-state index contributed by atoms with van der Waals surface area (Å²) in [4.78, 5) is 0.273. The first kappa shape index (κ1) is 14.1. The van der Waals surface area contributed by atoms with Gasteiger partial charge < -0.3 is 0 Å². The van der Waals surface area contributed by atoms with Gasteiger partial charge in [-0.2, -0.15) is 0 Å². The molecule has 2 aromatic carbocycles. The minimum absolute atomic E-state index is 0.219. The van der Waals surface area contributed by atoms with E-state index < -0.39 is 10.0 Å². The van der Waals surface area contributed by atoms with Gasteiger partial charge in [-0.15, -0.1) is 0 Å². The number of rotatable bonds is 4. The van der Waals surface area contributed by atoms with Gasteiger partial charge in [0.25, 0.3) is 0 Å². The van der Waals surface area contributed by atoms with E-state index in [2.05, 4.69) is 4.72 Å². The molecule has 5 heteroatoms. The van der Waals surface area contributed by atoms with E-state index >= 15 is 0 Å². The molecular formula is C14H14ClNO2S. The third-order valence-corrected chi connectivity index (χ3v) is 4.29. The summed E-state index contributed by atoms with van der Waals surface area (Å²) in [7, 11) is -3.49. The zero-order chi connectivity index (χ0) is 13.9. The Morgan fingerprint density at radius 1 is 1.11 bits per heavy atom. The quantitative estimate of drug-likeness (QED) is 0.942. The Morgan fingerprint density at radius 3 is 2.53 bits per heavy atom. The van der Waals surface area contributed by atoms with E-state index in [1.165, 1.54) is 0 Å². The summed E-state index contributed by atoms with van der Waals surface area (Å²) in [5, 5.41) is 0.590. The average molecular weight is 296 g/mol. The van der Waals surface area contributed by atoms with Crippen molar-refractivity contribution >= 4 is 21.6 Å². The number of sulfonamides is 1. The molecule has 2 aromatic rings. The van der Waals surface area contributed by atoms with E-state index in [0.717, 1.165) is 11.1 Å². The van der Waals surface area contributed by atoms with Crippen LogP contribution in [0.15, 0.2) is 53.4 Å². The van der Waals surface area contributed by atoms with Crippen molar-refractivity contribution in [2.45, 2.75) is 18.4 Å². The molecule has 0 aromatic heterocycles. The van der Waals surface area contributed by atoms with Crippen LogP contribution in [0.1, 0.15) is 11.1 Å². The first-order valence-corrected chi connectivity index (χ1v) is 7.64. The van der Waals surface area contributed by atoms with Crippen LogP contribution in [0.5, 0.6) is 0 Å². The van der Waals surface area contributed by atoms with Crippen LogP contribution in [0.25, 0.3) is 0 Å². The number of nitrogens with one attached hydrogen (secondary N) is 1. The van der Waals surface area contributed by atoms with Crippen LogP contribution in [0.2, 0.25) is 5.02 Å². The number of benzene rings is 2. The van der Waals surface area contributed by atoms with Gasteiger partial charge in [-0.05, 0) is 42.3 Å². The number of halogens is 1. The summed E-state index contributed by atoms with van der Waals surface area (Å²) in [5.41, 5.74) is 1.73. The van der Waals surface area contributed by atoms with Crippen molar-refractivity contribution in [3.63, 3.8) is 0 Å². The minimum Gasteiger partial charge on any atom is -0.207 e. The Kier molecular flexibility index (Phi) is 4.24. The molecule has 0 amide bonds. The third-order valence-electron chi connectivity index (χ3n) is 2.66. The SMILES string of the molecule is Cc1cccc(S(=O)(=O)NCc2cccc(Cl)c2)c1. The maximum atomic E-state index is 12.1. The van der Waals surface area contributed by atoms with Crippen LogP contribution in [0.3, 0.4) is 0 Å². The van der Waals surface area contributed by atoms with Gasteiger partial charge in [-0.1, -0.05) is 35.9 Å². The van der Waals surface area contributed by atoms with Crippen LogP contribution >= 0.6 is 11.6 Å². The van der Waals surface area contributed by atoms with Crippen molar-refractivity contribution < 1.29 is 8.42 Å². The lowest BCUT2D eigenvalue weighted by atomic mass is 10.2. The summed E-state index contributed by atoms with van der Waals surface area (Å²) in [6.45, 7) is 2.08. The predicted octanol–water partition coefficient (Wildman–Crippen LogP) is 3.13. The van der Waals surface area contributed by atoms with Crippen LogP contribution in [0.4, 0.5) is 0 Å². The van der Waals surface area contributed by atoms with Crippen molar-refractivity contribution in [3.05, 3.63) is 64.7 Å². The fourth-order valence-electron chi connectivity index (χ4n) is 1.69. The molecule has 0 bridgehead atoms. The number of hydrogen-bond acceptors (Lipinski definition) is 2. The largest absolute Gasteiger partial charge is 0.240 e. The summed E-state index contributed by atoms with van der Waals surface area (Å²) in [5.74, 6) is 0. The fraction of sp³-hybridized carbons (Fsp3) is 0.143. The summed E-state index contributed by atoms with van der Waals surface area (Å²) in [6.07, 6.45) is 0. The number of hydrogen-bond donors (Lipinski definition) is 1. The van der Waals surface area contributed by atoms with Crippen molar-refractivity contribution in [2.75, 3.05) is 0 Å². The molecule has 0 atom stereocenters. The standard InChI is InChI=1S/C14H14ClNO2S/c1-11-4-2-7-14(8-11)19(17,18)16-10-12-5-3-6-13(15)9-12/h2-9,16H,10H2,1H3. The fourth-order valence-corrected chi connectivity index (χ4v) is 3.03. The van der Waals surface area contributed by atoms with Gasteiger partial charge in [0.05, 0.1) is 4.90 Å². The van der Waals surface area contributed by atoms with Gasteiger partial charge in [0.15, 0.2) is 0 Å². The first-order chi connectivity index (χ1) is 8.97. The van der Waals surface area contributed by atoms with Gasteiger partial charge in [0.1, 0.15) is 0 Å². The molecule has 3 nitrogen and oxygen atoms in total. The van der Waals surface area contributed by atoms with Gasteiger partial charge in [-0.3, -0.25) is 0 Å². The van der Waals surface area contributed by atoms with Crippen LogP contribution < -0.4 is 4.72 Å². The molecule has 100 valence electrons. The molecule has 2 rings (SSSR count). The van der Waals surface area contributed by atoms with Crippen LogP contribution in [-0.4, -0.2) is 8.42 Å². The lowest BCUT2D eigenvalue weighted by molar-refractivity contribution is 0.581. The van der Waals surface area contributed by atoms with E-state index in [1.54, 1.807) is 36.4 Å². The normalized spacial score (nSPS) is 11.5. The van der Waals surface area contributed by atoms with Crippen molar-refractivity contribution in [3.8, 4) is 0 Å². The van der Waals surface area contributed by atoms with Crippen LogP contribution in [-0.2, 0) is 16.6 Å². The second-order valence-corrected chi connectivity index (χ2v) is 6.47. The van der Waals surface area contributed by atoms with Gasteiger partial charge >= 0.3 is 0 Å². The molecular weight excluding hydrogens is 282 g/mol. The predicted molar refractivity (Wildman–Crippen MR) is 76.7 cm³/mol. The van der Waals surface area contributed by atoms with Gasteiger partial charge in [-0.25, -0.2) is 13.1 Å². The van der Waals surface area contributed by atoms with Crippen molar-refractivity contribution in [1.82, 2.24) is 4.72 Å². The van der Waals surface area contributed by atoms with Crippen LogP contribution in [0, 0.1) is 6.92 Å². The second-order valence-electron chi connectivity index (χ2n) is 4.27. The molecule has 0 radical (unpaired) electrons. The Labute approximate surface area is 118 Å². The second kappa shape index (κ2) is 5.74. The highest BCUT2D eigenvalue weighted by atomic mass is 35.5. The molecule has 0 saturated carbocycles. The van der Waals surface area contributed by atoms with Gasteiger partial charge in [0.2, 0.25) is 10.0 Å². The lowest BCUT2D eigenvalue weighted by Crippen LogP contribution is -2.23. The molecule has 0 aliphatic heterocycles. The zero-order valence-electron chi connectivity index (χ0n) is 10.4. The Morgan fingerprint density at radius 2 is 1.84 bits per heavy atom. The molecule has 1 N–H and O–H groups in total. The van der Waals surface area contributed by atoms with E-state index in [0.29, 0.717) is 5.02 Å².